The Morgan fingerprint density at radius 1 is 1.17 bits per heavy atom. The standard InChI is InChI=1S/C24H35GeN7O3S/c1-16-13-24(3,4)31(14-16)22-18(23(33)29-36(34,35)19-15-30(8)27-17(19)2)9-10-21(26-22)32-12-11-20(28-32)25(5,6)7/h9-12,15-16H,13-14H2,1-8H3,(H,29,33)/t16-/m0/s1. The Bertz CT molecular complexity index is 1420. The number of pyridine rings is 1. The molecule has 3 aromatic rings. The van der Waals surface area contributed by atoms with Crippen molar-refractivity contribution in [1.29, 1.82) is 0 Å². The maximum atomic E-state index is 13.4. The number of nitrogens with zero attached hydrogens (tertiary/aromatic N) is 6. The van der Waals surface area contributed by atoms with Gasteiger partial charge in [0.15, 0.2) is 0 Å². The molecule has 0 unspecified atom stereocenters. The van der Waals surface area contributed by atoms with Crippen molar-refractivity contribution in [2.75, 3.05) is 11.4 Å². The summed E-state index contributed by atoms with van der Waals surface area (Å²) in [6, 6.07) is 5.38. The molecule has 0 radical (unpaired) electrons. The van der Waals surface area contributed by atoms with Crippen molar-refractivity contribution in [3.05, 3.63) is 41.9 Å². The minimum absolute atomic E-state index is 0.0310. The van der Waals surface area contributed by atoms with E-state index in [-0.39, 0.29) is 16.0 Å². The topological polar surface area (TPSA) is 115 Å². The van der Waals surface area contributed by atoms with Crippen molar-refractivity contribution in [3.8, 4) is 5.82 Å². The zero-order chi connectivity index (χ0) is 26.6. The molecule has 1 atom stereocenters. The van der Waals surface area contributed by atoms with Crippen LogP contribution in [0.1, 0.15) is 43.2 Å². The SMILES string of the molecule is Cc1nn(C)cc1S(=O)(=O)NC(=O)c1ccc(-n2cc[c]([Ge]([CH3])([CH3])[CH3])n2)nc1N1C[C@@H](C)CC1(C)C. The predicted molar refractivity (Wildman–Crippen MR) is 142 cm³/mol. The van der Waals surface area contributed by atoms with E-state index in [0.29, 0.717) is 29.8 Å². The summed E-state index contributed by atoms with van der Waals surface area (Å²) in [7, 11) is -2.48. The van der Waals surface area contributed by atoms with Crippen LogP contribution >= 0.6 is 0 Å². The Labute approximate surface area is 215 Å². The summed E-state index contributed by atoms with van der Waals surface area (Å²) < 4.78 is 32.5. The molecule has 0 spiro atoms. The molecule has 0 aromatic carbocycles. The molecule has 1 aliphatic heterocycles. The number of aromatic nitrogens is 5. The molecule has 0 bridgehead atoms. The number of rotatable bonds is 6. The van der Waals surface area contributed by atoms with Gasteiger partial charge in [-0.3, -0.25) is 4.68 Å². The van der Waals surface area contributed by atoms with Gasteiger partial charge >= 0.3 is 192 Å². The number of anilines is 1. The van der Waals surface area contributed by atoms with Crippen LogP contribution in [-0.4, -0.2) is 64.2 Å². The van der Waals surface area contributed by atoms with Gasteiger partial charge in [-0.25, -0.2) is 0 Å². The first-order valence-electron chi connectivity index (χ1n) is 12.0. The average molecular weight is 574 g/mol. The van der Waals surface area contributed by atoms with Crippen LogP contribution in [0.2, 0.25) is 17.3 Å². The maximum absolute atomic E-state index is 13.4. The van der Waals surface area contributed by atoms with Crippen LogP contribution in [0.15, 0.2) is 35.5 Å². The van der Waals surface area contributed by atoms with E-state index >= 15 is 0 Å². The van der Waals surface area contributed by atoms with Crippen LogP contribution in [0.3, 0.4) is 0 Å². The molecule has 1 N–H and O–H groups in total. The Kier molecular flexibility index (Phi) is 6.61. The fourth-order valence-corrected chi connectivity index (χ4v) is 8.08. The molecule has 3 aromatic heterocycles. The van der Waals surface area contributed by atoms with Gasteiger partial charge in [0.05, 0.1) is 0 Å². The van der Waals surface area contributed by atoms with Gasteiger partial charge in [-0.05, 0) is 6.92 Å². The number of sulfonamides is 1. The average Bonchev–Trinajstić information content (AvgIpc) is 3.43. The molecule has 36 heavy (non-hydrogen) atoms. The molecule has 0 aliphatic carbocycles. The molecule has 1 amide bonds. The van der Waals surface area contributed by atoms with E-state index in [0.717, 1.165) is 10.9 Å². The number of amides is 1. The van der Waals surface area contributed by atoms with Crippen molar-refractivity contribution < 1.29 is 13.2 Å². The summed E-state index contributed by atoms with van der Waals surface area (Å²) in [5, 5.41) is 8.86. The second-order valence-corrected chi connectivity index (χ2v) is 23.5. The summed E-state index contributed by atoms with van der Waals surface area (Å²) >= 11 is -2.14. The van der Waals surface area contributed by atoms with E-state index in [1.54, 1.807) is 30.8 Å². The van der Waals surface area contributed by atoms with E-state index in [9.17, 15) is 13.2 Å². The molecule has 1 fully saturated rings. The van der Waals surface area contributed by atoms with E-state index in [2.05, 4.69) is 52.8 Å². The zero-order valence-electron chi connectivity index (χ0n) is 22.2. The third-order valence-corrected chi connectivity index (χ3v) is 11.7. The van der Waals surface area contributed by atoms with Crippen LogP contribution in [0.4, 0.5) is 5.82 Å². The van der Waals surface area contributed by atoms with Gasteiger partial charge in [0.2, 0.25) is 0 Å². The number of nitrogens with one attached hydrogen (secondary N) is 1. The van der Waals surface area contributed by atoms with Gasteiger partial charge in [-0.1, -0.05) is 0 Å². The van der Waals surface area contributed by atoms with Gasteiger partial charge in [0.1, 0.15) is 0 Å². The van der Waals surface area contributed by atoms with Gasteiger partial charge in [-0.15, -0.1) is 0 Å². The summed E-state index contributed by atoms with van der Waals surface area (Å²) in [6.45, 7) is 8.69. The van der Waals surface area contributed by atoms with E-state index < -0.39 is 29.2 Å². The predicted octanol–water partition coefficient (Wildman–Crippen LogP) is 2.60. The second-order valence-electron chi connectivity index (χ2n) is 11.4. The fraction of sp³-hybridized carbons (Fsp3) is 0.500. The van der Waals surface area contributed by atoms with E-state index in [1.807, 2.05) is 12.3 Å². The van der Waals surface area contributed by atoms with Crippen molar-refractivity contribution >= 4 is 39.5 Å². The minimum atomic E-state index is -4.11. The van der Waals surface area contributed by atoms with E-state index in [1.165, 1.54) is 10.9 Å². The van der Waals surface area contributed by atoms with Crippen LogP contribution in [0.5, 0.6) is 0 Å². The van der Waals surface area contributed by atoms with Crippen molar-refractivity contribution in [2.45, 2.75) is 61.8 Å². The normalized spacial score (nSPS) is 18.0. The first kappa shape index (κ1) is 26.4. The summed E-state index contributed by atoms with van der Waals surface area (Å²) in [4.78, 5) is 20.3. The molecule has 12 heteroatoms. The monoisotopic (exact) mass is 575 g/mol. The molecule has 4 rings (SSSR count). The van der Waals surface area contributed by atoms with Crippen LogP contribution in [0.25, 0.3) is 5.82 Å². The fourth-order valence-electron chi connectivity index (χ4n) is 4.83. The van der Waals surface area contributed by atoms with Gasteiger partial charge in [0.25, 0.3) is 0 Å². The molecule has 1 aliphatic rings. The van der Waals surface area contributed by atoms with Crippen molar-refractivity contribution in [3.63, 3.8) is 0 Å². The number of hydrogen-bond donors (Lipinski definition) is 1. The number of carbonyl (C=O) groups is 1. The zero-order valence-corrected chi connectivity index (χ0v) is 25.1. The molecule has 1 saturated heterocycles. The first-order chi connectivity index (χ1) is 16.6. The van der Waals surface area contributed by atoms with Crippen molar-refractivity contribution in [2.24, 2.45) is 13.0 Å². The Balaban J connectivity index is 1.77. The van der Waals surface area contributed by atoms with Crippen LogP contribution in [0, 0.1) is 12.8 Å². The third-order valence-electron chi connectivity index (χ3n) is 6.51. The molecular weight excluding hydrogens is 539 g/mol. The quantitative estimate of drug-likeness (QED) is 0.451. The Morgan fingerprint density at radius 3 is 2.39 bits per heavy atom. The van der Waals surface area contributed by atoms with Crippen molar-refractivity contribution in [1.82, 2.24) is 29.3 Å². The molecule has 194 valence electrons. The number of aryl methyl sites for hydroxylation is 2. The Morgan fingerprint density at radius 2 is 1.86 bits per heavy atom. The van der Waals surface area contributed by atoms with E-state index in [4.69, 9.17) is 10.1 Å². The van der Waals surface area contributed by atoms with Gasteiger partial charge in [-0.2, -0.15) is 5.10 Å². The summed E-state index contributed by atoms with van der Waals surface area (Å²) in [5.74, 6) is 7.53. The molecular formula is C24H35GeN7O3S. The number of hydrogen-bond acceptors (Lipinski definition) is 7. The van der Waals surface area contributed by atoms with Crippen LogP contribution in [-0.2, 0) is 17.1 Å². The summed E-state index contributed by atoms with van der Waals surface area (Å²) in [5.41, 5.74) is 0.264. The third kappa shape index (κ3) is 5.08. The molecule has 10 nitrogen and oxygen atoms in total. The molecule has 0 saturated carbocycles. The first-order valence-corrected chi connectivity index (χ1v) is 20.8. The Hall–Kier alpha value is -2.67. The summed E-state index contributed by atoms with van der Waals surface area (Å²) in [6.07, 6.45) is 4.20. The van der Waals surface area contributed by atoms with Crippen LogP contribution < -0.4 is 14.1 Å². The van der Waals surface area contributed by atoms with Gasteiger partial charge in [0, 0.05) is 7.05 Å². The number of carbonyl (C=O) groups excluding carboxylic acids is 1. The molecule has 4 heterocycles. The second kappa shape index (κ2) is 9.02. The van der Waals surface area contributed by atoms with Gasteiger partial charge < -0.3 is 0 Å².